The molecule has 0 aliphatic heterocycles. The van der Waals surface area contributed by atoms with E-state index < -0.39 is 0 Å². The fraction of sp³-hybridized carbons (Fsp3) is 0.632. The minimum Gasteiger partial charge on any atom is -0.474 e. The van der Waals surface area contributed by atoms with Crippen LogP contribution in [0.15, 0.2) is 0 Å². The molecule has 4 rings (SSSR count). The van der Waals surface area contributed by atoms with E-state index in [1.807, 2.05) is 0 Å². The highest BCUT2D eigenvalue weighted by Crippen LogP contribution is 2.47. The van der Waals surface area contributed by atoms with E-state index in [-0.39, 0.29) is 17.3 Å². The van der Waals surface area contributed by atoms with Crippen LogP contribution in [0.5, 0.6) is 5.88 Å². The number of hydrogen-bond donors (Lipinski definition) is 0. The number of nitrogens with zero attached hydrogens (tertiary/aromatic N) is 3. The van der Waals surface area contributed by atoms with E-state index in [0.29, 0.717) is 18.3 Å². The number of aldehydes is 1. The summed E-state index contributed by atoms with van der Waals surface area (Å²) < 4.78 is 6.35. The van der Waals surface area contributed by atoms with Crippen molar-refractivity contribution in [1.29, 1.82) is 0 Å². The molecule has 2 aromatic rings. The molecule has 0 amide bonds. The Kier molecular flexibility index (Phi) is 5.17. The first kappa shape index (κ1) is 18.1. The second kappa shape index (κ2) is 7.41. The second-order valence-corrected chi connectivity index (χ2v) is 8.99. The van der Waals surface area contributed by atoms with Crippen LogP contribution in [-0.2, 0) is 11.2 Å². The van der Waals surface area contributed by atoms with Crippen LogP contribution in [0.1, 0.15) is 54.9 Å². The molecule has 2 heterocycles. The van der Waals surface area contributed by atoms with Crippen molar-refractivity contribution in [1.82, 2.24) is 14.9 Å². The van der Waals surface area contributed by atoms with Crippen LogP contribution >= 0.6 is 22.9 Å². The number of ether oxygens (including phenoxy) is 1. The molecule has 26 heavy (non-hydrogen) atoms. The van der Waals surface area contributed by atoms with Gasteiger partial charge in [-0.3, -0.25) is 0 Å². The smallest absolute Gasteiger partial charge is 0.227 e. The molecule has 1 saturated carbocycles. The standard InChI is InChI=1S/C19H24ClN3O2S/c1-23(2)12-4-6-13(7-5-12)25-17-16-15-11(9-10-24)3-8-14(15)26-18(16)22-19(20)21-17/h10-13H,3-9H2,1-2H3/t11?,12-,13-. The molecule has 0 aromatic carbocycles. The zero-order chi connectivity index (χ0) is 18.3. The van der Waals surface area contributed by atoms with Crippen molar-refractivity contribution in [2.75, 3.05) is 14.1 Å². The highest BCUT2D eigenvalue weighted by molar-refractivity contribution is 7.19. The molecule has 2 aromatic heterocycles. The summed E-state index contributed by atoms with van der Waals surface area (Å²) in [7, 11) is 4.28. The third-order valence-electron chi connectivity index (χ3n) is 5.77. The molecule has 7 heteroatoms. The molecule has 0 saturated heterocycles. The molecular formula is C19H24ClN3O2S. The van der Waals surface area contributed by atoms with Crippen molar-refractivity contribution in [2.24, 2.45) is 0 Å². The summed E-state index contributed by atoms with van der Waals surface area (Å²) in [6.07, 6.45) is 8.07. The SMILES string of the molecule is CN(C)[C@H]1CC[C@H](Oc2nc(Cl)nc3sc4c(c23)C(CC=O)CC4)CC1. The summed E-state index contributed by atoms with van der Waals surface area (Å²) in [5.74, 6) is 0.872. The van der Waals surface area contributed by atoms with Crippen molar-refractivity contribution in [3.05, 3.63) is 15.7 Å². The van der Waals surface area contributed by atoms with Crippen LogP contribution in [-0.4, -0.2) is 47.4 Å². The minimum absolute atomic E-state index is 0.168. The predicted octanol–water partition coefficient (Wildman–Crippen LogP) is 4.22. The van der Waals surface area contributed by atoms with Crippen molar-refractivity contribution < 1.29 is 9.53 Å². The fourth-order valence-electron chi connectivity index (χ4n) is 4.35. The number of carbonyl (C=O) groups is 1. The Hall–Kier alpha value is -1.24. The first-order valence-electron chi connectivity index (χ1n) is 9.32. The van der Waals surface area contributed by atoms with Gasteiger partial charge in [0, 0.05) is 17.3 Å². The van der Waals surface area contributed by atoms with Crippen LogP contribution in [0.3, 0.4) is 0 Å². The van der Waals surface area contributed by atoms with E-state index in [9.17, 15) is 4.79 Å². The number of halogens is 1. The van der Waals surface area contributed by atoms with Gasteiger partial charge in [-0.1, -0.05) is 0 Å². The molecule has 1 atom stereocenters. The topological polar surface area (TPSA) is 55.3 Å². The maximum absolute atomic E-state index is 11.1. The van der Waals surface area contributed by atoms with Crippen molar-refractivity contribution in [3.63, 3.8) is 0 Å². The van der Waals surface area contributed by atoms with Gasteiger partial charge in [-0.25, -0.2) is 4.98 Å². The van der Waals surface area contributed by atoms with Crippen LogP contribution in [0.25, 0.3) is 10.2 Å². The first-order valence-corrected chi connectivity index (χ1v) is 10.5. The van der Waals surface area contributed by atoms with Gasteiger partial charge in [0.15, 0.2) is 0 Å². The first-order chi connectivity index (χ1) is 12.6. The largest absolute Gasteiger partial charge is 0.474 e. The molecule has 2 aliphatic carbocycles. The van der Waals surface area contributed by atoms with E-state index in [4.69, 9.17) is 16.3 Å². The van der Waals surface area contributed by atoms with Gasteiger partial charge in [0.05, 0.1) is 5.39 Å². The summed E-state index contributed by atoms with van der Waals surface area (Å²) in [6, 6.07) is 0.631. The Morgan fingerprint density at radius 2 is 2.00 bits per heavy atom. The molecule has 1 fully saturated rings. The van der Waals surface area contributed by atoms with Gasteiger partial charge in [-0.2, -0.15) is 4.98 Å². The van der Waals surface area contributed by atoms with E-state index >= 15 is 0 Å². The third kappa shape index (κ3) is 3.35. The predicted molar refractivity (Wildman–Crippen MR) is 105 cm³/mol. The number of rotatable bonds is 5. The Morgan fingerprint density at radius 3 is 2.69 bits per heavy atom. The summed E-state index contributed by atoms with van der Waals surface area (Å²) in [4.78, 5) is 24.4. The van der Waals surface area contributed by atoms with Gasteiger partial charge in [-0.15, -0.1) is 11.3 Å². The lowest BCUT2D eigenvalue weighted by molar-refractivity contribution is -0.108. The highest BCUT2D eigenvalue weighted by atomic mass is 35.5. The van der Waals surface area contributed by atoms with Gasteiger partial charge < -0.3 is 14.4 Å². The maximum Gasteiger partial charge on any atom is 0.227 e. The number of thiophene rings is 1. The number of fused-ring (bicyclic) bond motifs is 3. The number of aromatic nitrogens is 2. The average molecular weight is 394 g/mol. The van der Waals surface area contributed by atoms with Gasteiger partial charge in [0.1, 0.15) is 17.2 Å². The van der Waals surface area contributed by atoms with Gasteiger partial charge >= 0.3 is 0 Å². The van der Waals surface area contributed by atoms with E-state index in [2.05, 4.69) is 29.0 Å². The summed E-state index contributed by atoms with van der Waals surface area (Å²) in [5, 5.41) is 1.23. The third-order valence-corrected chi connectivity index (χ3v) is 7.09. The molecule has 5 nitrogen and oxygen atoms in total. The van der Waals surface area contributed by atoms with Gasteiger partial charge in [0.2, 0.25) is 11.2 Å². The van der Waals surface area contributed by atoms with Gasteiger partial charge in [-0.05, 0) is 75.7 Å². The van der Waals surface area contributed by atoms with Crippen molar-refractivity contribution in [3.8, 4) is 5.88 Å². The highest BCUT2D eigenvalue weighted by Gasteiger charge is 2.31. The molecular weight excluding hydrogens is 370 g/mol. The molecule has 1 unspecified atom stereocenters. The number of hydrogen-bond acceptors (Lipinski definition) is 6. The summed E-state index contributed by atoms with van der Waals surface area (Å²) in [5.41, 5.74) is 1.23. The van der Waals surface area contributed by atoms with E-state index in [0.717, 1.165) is 55.0 Å². The van der Waals surface area contributed by atoms with Crippen molar-refractivity contribution >= 4 is 39.4 Å². The number of carbonyl (C=O) groups excluding carboxylic acids is 1. The van der Waals surface area contributed by atoms with E-state index in [1.165, 1.54) is 10.4 Å². The average Bonchev–Trinajstić information content (AvgIpc) is 3.15. The maximum atomic E-state index is 11.1. The fourth-order valence-corrected chi connectivity index (χ4v) is 5.83. The zero-order valence-electron chi connectivity index (χ0n) is 15.2. The molecule has 0 spiro atoms. The minimum atomic E-state index is 0.168. The monoisotopic (exact) mass is 393 g/mol. The van der Waals surface area contributed by atoms with Crippen LogP contribution < -0.4 is 4.74 Å². The zero-order valence-corrected chi connectivity index (χ0v) is 16.8. The lowest BCUT2D eigenvalue weighted by atomic mass is 9.92. The molecule has 0 bridgehead atoms. The Morgan fingerprint density at radius 1 is 1.23 bits per heavy atom. The quantitative estimate of drug-likeness (QED) is 0.562. The second-order valence-electron chi connectivity index (χ2n) is 7.57. The van der Waals surface area contributed by atoms with E-state index in [1.54, 1.807) is 11.3 Å². The Balaban J connectivity index is 1.64. The van der Waals surface area contributed by atoms with Gasteiger partial charge in [0.25, 0.3) is 0 Å². The Labute approximate surface area is 162 Å². The molecule has 0 N–H and O–H groups in total. The molecule has 0 radical (unpaired) electrons. The number of aryl methyl sites for hydroxylation is 1. The normalized spacial score (nSPS) is 25.6. The Bertz CT molecular complexity index is 815. The molecule has 2 aliphatic rings. The lowest BCUT2D eigenvalue weighted by Gasteiger charge is -2.32. The van der Waals surface area contributed by atoms with Crippen LogP contribution in [0.4, 0.5) is 0 Å². The summed E-state index contributed by atoms with van der Waals surface area (Å²) >= 11 is 7.84. The lowest BCUT2D eigenvalue weighted by Crippen LogP contribution is -2.35. The van der Waals surface area contributed by atoms with Crippen molar-refractivity contribution in [2.45, 2.75) is 63.0 Å². The van der Waals surface area contributed by atoms with Crippen LogP contribution in [0.2, 0.25) is 5.28 Å². The van der Waals surface area contributed by atoms with Crippen LogP contribution in [0, 0.1) is 0 Å². The summed E-state index contributed by atoms with van der Waals surface area (Å²) in [6.45, 7) is 0. The molecule has 140 valence electrons.